The van der Waals surface area contributed by atoms with Gasteiger partial charge in [0.2, 0.25) is 0 Å². The molecule has 2 aromatic rings. The smallest absolute Gasteiger partial charge is 0.330 e. The van der Waals surface area contributed by atoms with Gasteiger partial charge in [-0.2, -0.15) is 5.10 Å². The summed E-state index contributed by atoms with van der Waals surface area (Å²) in [5.41, 5.74) is 2.25. The molecule has 0 N–H and O–H groups in total. The number of amides is 2. The molecular weight excluding hydrogens is 298 g/mol. The van der Waals surface area contributed by atoms with Crippen LogP contribution in [0, 0.1) is 6.92 Å². The molecule has 2 amide bonds. The minimum absolute atomic E-state index is 0.0555. The Kier molecular flexibility index (Phi) is 3.69. The van der Waals surface area contributed by atoms with E-state index < -0.39 is 17.8 Å². The van der Waals surface area contributed by atoms with E-state index in [9.17, 15) is 14.4 Å². The first-order valence-corrected chi connectivity index (χ1v) is 7.15. The highest BCUT2D eigenvalue weighted by Gasteiger charge is 2.38. The van der Waals surface area contributed by atoms with Gasteiger partial charge in [0, 0.05) is 13.2 Å². The van der Waals surface area contributed by atoms with Crippen molar-refractivity contribution >= 4 is 17.8 Å². The van der Waals surface area contributed by atoms with Crippen molar-refractivity contribution in [2.45, 2.75) is 19.8 Å². The molecule has 3 rings (SSSR count). The van der Waals surface area contributed by atoms with Gasteiger partial charge in [0.25, 0.3) is 11.8 Å². The van der Waals surface area contributed by atoms with Gasteiger partial charge in [0.05, 0.1) is 23.2 Å². The van der Waals surface area contributed by atoms with Crippen LogP contribution in [0.4, 0.5) is 0 Å². The third-order valence-electron chi connectivity index (χ3n) is 3.66. The van der Waals surface area contributed by atoms with Crippen LogP contribution in [0.2, 0.25) is 0 Å². The van der Waals surface area contributed by atoms with Crippen LogP contribution >= 0.6 is 0 Å². The molecule has 0 spiro atoms. The Bertz CT molecular complexity index is 774. The molecule has 2 heterocycles. The lowest BCUT2D eigenvalue weighted by Crippen LogP contribution is -2.32. The lowest BCUT2D eigenvalue weighted by molar-refractivity contribution is -0.168. The molecule has 7 heteroatoms. The van der Waals surface area contributed by atoms with Crippen molar-refractivity contribution in [3.63, 3.8) is 0 Å². The zero-order chi connectivity index (χ0) is 16.6. The van der Waals surface area contributed by atoms with Crippen molar-refractivity contribution in [1.29, 1.82) is 0 Å². The molecule has 7 nitrogen and oxygen atoms in total. The summed E-state index contributed by atoms with van der Waals surface area (Å²) >= 11 is 0. The number of carbonyl (C=O) groups excluding carboxylic acids is 3. The first-order valence-electron chi connectivity index (χ1n) is 7.15. The molecule has 0 radical (unpaired) electrons. The van der Waals surface area contributed by atoms with Gasteiger partial charge in [-0.05, 0) is 31.0 Å². The summed E-state index contributed by atoms with van der Waals surface area (Å²) in [5.74, 6) is -1.87. The van der Waals surface area contributed by atoms with E-state index in [1.807, 2.05) is 13.1 Å². The average molecular weight is 313 g/mol. The summed E-state index contributed by atoms with van der Waals surface area (Å²) < 4.78 is 1.67. The summed E-state index contributed by atoms with van der Waals surface area (Å²) in [6.45, 7) is 1.85. The Morgan fingerprint density at radius 1 is 1.17 bits per heavy atom. The van der Waals surface area contributed by atoms with E-state index in [1.54, 1.807) is 23.9 Å². The number of nitrogens with zero attached hydrogens (tertiary/aromatic N) is 3. The monoisotopic (exact) mass is 313 g/mol. The zero-order valence-corrected chi connectivity index (χ0v) is 12.8. The number of hydrogen-bond acceptors (Lipinski definition) is 5. The number of imide groups is 1. The van der Waals surface area contributed by atoms with E-state index in [2.05, 4.69) is 5.10 Å². The molecule has 0 saturated heterocycles. The first-order chi connectivity index (χ1) is 11.0. The molecule has 0 atom stereocenters. The van der Waals surface area contributed by atoms with E-state index in [4.69, 9.17) is 4.84 Å². The average Bonchev–Trinajstić information content (AvgIpc) is 2.97. The quantitative estimate of drug-likeness (QED) is 0.797. The van der Waals surface area contributed by atoms with Crippen LogP contribution in [-0.2, 0) is 23.1 Å². The third-order valence-corrected chi connectivity index (χ3v) is 3.66. The molecule has 1 aliphatic rings. The minimum atomic E-state index is -0.636. The molecule has 0 aliphatic carbocycles. The largest absolute Gasteiger partial charge is 0.333 e. The molecule has 0 saturated carbocycles. The summed E-state index contributed by atoms with van der Waals surface area (Å²) in [4.78, 5) is 41.1. The Balaban J connectivity index is 1.64. The molecule has 0 fully saturated rings. The van der Waals surface area contributed by atoms with Crippen LogP contribution in [0.25, 0.3) is 0 Å². The molecule has 23 heavy (non-hydrogen) atoms. The van der Waals surface area contributed by atoms with E-state index in [0.29, 0.717) is 11.5 Å². The summed E-state index contributed by atoms with van der Waals surface area (Å²) in [5, 5.41) is 4.72. The molecule has 1 aliphatic heterocycles. The number of benzene rings is 1. The van der Waals surface area contributed by atoms with Gasteiger partial charge in [-0.3, -0.25) is 14.3 Å². The number of fused-ring (bicyclic) bond motifs is 1. The number of aryl methyl sites for hydroxylation is 3. The normalized spacial score (nSPS) is 13.4. The number of carbonyl (C=O) groups is 3. The molecule has 1 aromatic carbocycles. The number of rotatable bonds is 4. The van der Waals surface area contributed by atoms with Crippen LogP contribution in [-0.4, -0.2) is 32.6 Å². The Morgan fingerprint density at radius 2 is 1.78 bits per heavy atom. The Hall–Kier alpha value is -2.96. The van der Waals surface area contributed by atoms with Gasteiger partial charge < -0.3 is 4.84 Å². The van der Waals surface area contributed by atoms with Crippen molar-refractivity contribution < 1.29 is 19.2 Å². The summed E-state index contributed by atoms with van der Waals surface area (Å²) in [7, 11) is 1.80. The van der Waals surface area contributed by atoms with Gasteiger partial charge in [0.1, 0.15) is 0 Å². The van der Waals surface area contributed by atoms with E-state index in [1.165, 1.54) is 12.1 Å². The van der Waals surface area contributed by atoms with Crippen LogP contribution in [0.3, 0.4) is 0 Å². The summed E-state index contributed by atoms with van der Waals surface area (Å²) in [6, 6.07) is 6.37. The Morgan fingerprint density at radius 3 is 2.30 bits per heavy atom. The van der Waals surface area contributed by atoms with Crippen LogP contribution < -0.4 is 0 Å². The van der Waals surface area contributed by atoms with Gasteiger partial charge in [-0.1, -0.05) is 17.2 Å². The number of aromatic nitrogens is 2. The minimum Gasteiger partial charge on any atom is -0.330 e. The highest BCUT2D eigenvalue weighted by Crippen LogP contribution is 2.23. The van der Waals surface area contributed by atoms with Crippen molar-refractivity contribution in [1.82, 2.24) is 14.8 Å². The van der Waals surface area contributed by atoms with Gasteiger partial charge in [0.15, 0.2) is 0 Å². The second-order valence-corrected chi connectivity index (χ2v) is 5.33. The number of hydroxylamine groups is 2. The van der Waals surface area contributed by atoms with Crippen molar-refractivity contribution in [3.05, 3.63) is 52.8 Å². The van der Waals surface area contributed by atoms with Gasteiger partial charge in [-0.25, -0.2) is 4.79 Å². The van der Waals surface area contributed by atoms with E-state index in [-0.39, 0.29) is 17.5 Å². The van der Waals surface area contributed by atoms with Crippen LogP contribution in [0.1, 0.15) is 38.4 Å². The first kappa shape index (κ1) is 15.0. The van der Waals surface area contributed by atoms with E-state index >= 15 is 0 Å². The second-order valence-electron chi connectivity index (χ2n) is 5.33. The van der Waals surface area contributed by atoms with Crippen LogP contribution in [0.15, 0.2) is 30.5 Å². The fourth-order valence-corrected chi connectivity index (χ4v) is 2.53. The van der Waals surface area contributed by atoms with Crippen molar-refractivity contribution in [2.24, 2.45) is 7.05 Å². The fourth-order valence-electron chi connectivity index (χ4n) is 2.53. The maximum absolute atomic E-state index is 12.1. The molecular formula is C16H15N3O4. The topological polar surface area (TPSA) is 81.5 Å². The van der Waals surface area contributed by atoms with Crippen molar-refractivity contribution in [2.75, 3.05) is 0 Å². The van der Waals surface area contributed by atoms with Crippen LogP contribution in [0.5, 0.6) is 0 Å². The Labute approximate surface area is 132 Å². The zero-order valence-electron chi connectivity index (χ0n) is 12.8. The lowest BCUT2D eigenvalue weighted by atomic mass is 10.1. The molecule has 0 bridgehead atoms. The second kappa shape index (κ2) is 5.68. The highest BCUT2D eigenvalue weighted by atomic mass is 16.7. The third kappa shape index (κ3) is 2.73. The van der Waals surface area contributed by atoms with Gasteiger partial charge in [-0.15, -0.1) is 0 Å². The SMILES string of the molecule is Cc1nn(C)cc1CCC(=O)ON1C(=O)c2ccccc2C1=O. The van der Waals surface area contributed by atoms with Crippen molar-refractivity contribution in [3.8, 4) is 0 Å². The fraction of sp³-hybridized carbons (Fsp3) is 0.250. The maximum atomic E-state index is 12.1. The molecule has 0 unspecified atom stereocenters. The standard InChI is InChI=1S/C16H15N3O4/c1-10-11(9-18(2)17-10)7-8-14(20)23-19-15(21)12-5-3-4-6-13(12)16(19)22/h3-6,9H,7-8H2,1-2H3. The van der Waals surface area contributed by atoms with E-state index in [0.717, 1.165) is 11.3 Å². The molecule has 118 valence electrons. The number of hydrogen-bond donors (Lipinski definition) is 0. The summed E-state index contributed by atoms with van der Waals surface area (Å²) in [6.07, 6.45) is 2.31. The lowest BCUT2D eigenvalue weighted by Gasteiger charge is -2.12. The van der Waals surface area contributed by atoms with Gasteiger partial charge >= 0.3 is 5.97 Å². The predicted octanol–water partition coefficient (Wildman–Crippen LogP) is 1.42. The highest BCUT2D eigenvalue weighted by molar-refractivity contribution is 6.20. The predicted molar refractivity (Wildman–Crippen MR) is 79.3 cm³/mol. The maximum Gasteiger partial charge on any atom is 0.333 e. The molecule has 1 aromatic heterocycles.